The number of rotatable bonds is 8. The van der Waals surface area contributed by atoms with E-state index in [-0.39, 0.29) is 17.1 Å². The second-order valence-electron chi connectivity index (χ2n) is 7.46. The summed E-state index contributed by atoms with van der Waals surface area (Å²) in [5.74, 6) is 0.531. The molecule has 5 nitrogen and oxygen atoms in total. The number of benzene rings is 1. The van der Waals surface area contributed by atoms with Crippen molar-refractivity contribution in [2.45, 2.75) is 64.8 Å². The van der Waals surface area contributed by atoms with Crippen LogP contribution in [0.4, 0.5) is 0 Å². The van der Waals surface area contributed by atoms with Crippen LogP contribution in [0.3, 0.4) is 0 Å². The number of nitrogens with two attached hydrogens (primary N) is 1. The number of carbonyl (C=O) groups is 1. The van der Waals surface area contributed by atoms with Crippen molar-refractivity contribution in [1.29, 1.82) is 0 Å². The van der Waals surface area contributed by atoms with Crippen LogP contribution in [0.1, 0.15) is 64.4 Å². The molecule has 0 radical (unpaired) electrons. The predicted molar refractivity (Wildman–Crippen MR) is 116 cm³/mol. The van der Waals surface area contributed by atoms with Crippen molar-refractivity contribution in [3.8, 4) is 0 Å². The minimum absolute atomic E-state index is 0.153. The molecule has 0 atom stereocenters. The van der Waals surface area contributed by atoms with Gasteiger partial charge in [0.1, 0.15) is 0 Å². The molecule has 0 heterocycles. The van der Waals surface area contributed by atoms with Crippen LogP contribution in [0.5, 0.6) is 0 Å². The Bertz CT molecular complexity index is 639. The first-order valence-corrected chi connectivity index (χ1v) is 10.4. The van der Waals surface area contributed by atoms with Crippen LogP contribution in [0.25, 0.3) is 0 Å². The van der Waals surface area contributed by atoms with Gasteiger partial charge in [-0.25, -0.2) is 0 Å². The molecule has 3 N–H and O–H groups in total. The Morgan fingerprint density at radius 1 is 1.26 bits per heavy atom. The van der Waals surface area contributed by atoms with E-state index in [2.05, 4.69) is 24.4 Å². The lowest BCUT2D eigenvalue weighted by molar-refractivity contribution is -0.138. The molecule has 27 heavy (non-hydrogen) atoms. The third-order valence-electron chi connectivity index (χ3n) is 5.08. The Balaban J connectivity index is 1.98. The van der Waals surface area contributed by atoms with E-state index >= 15 is 0 Å². The zero-order chi connectivity index (χ0) is 19.6. The largest absolute Gasteiger partial charge is 0.375 e. The summed E-state index contributed by atoms with van der Waals surface area (Å²) >= 11 is 4.87. The third-order valence-corrected chi connectivity index (χ3v) is 5.17. The van der Waals surface area contributed by atoms with Gasteiger partial charge in [0.15, 0.2) is 5.11 Å². The van der Waals surface area contributed by atoms with E-state index in [0.717, 1.165) is 43.5 Å². The van der Waals surface area contributed by atoms with Crippen molar-refractivity contribution < 1.29 is 4.79 Å². The van der Waals surface area contributed by atoms with Crippen LogP contribution in [0, 0.1) is 5.92 Å². The van der Waals surface area contributed by atoms with Gasteiger partial charge >= 0.3 is 0 Å². The van der Waals surface area contributed by atoms with Crippen LogP contribution >= 0.6 is 12.2 Å². The molecule has 1 aromatic rings. The van der Waals surface area contributed by atoms with Gasteiger partial charge in [-0.05, 0) is 57.3 Å². The van der Waals surface area contributed by atoms with Crippen LogP contribution in [-0.4, -0.2) is 34.2 Å². The fourth-order valence-corrected chi connectivity index (χ4v) is 3.69. The number of thiocarbonyl (C=S) groups is 1. The molecule has 1 aromatic carbocycles. The average Bonchev–Trinajstić information content (AvgIpc) is 2.68. The van der Waals surface area contributed by atoms with Gasteiger partial charge in [-0.15, -0.1) is 0 Å². The van der Waals surface area contributed by atoms with Crippen molar-refractivity contribution in [2.24, 2.45) is 16.8 Å². The maximum Gasteiger partial charge on any atom is 0.225 e. The van der Waals surface area contributed by atoms with E-state index in [9.17, 15) is 4.79 Å². The molecule has 0 bridgehead atoms. The lowest BCUT2D eigenvalue weighted by atomic mass is 9.88. The Morgan fingerprint density at radius 2 is 1.93 bits per heavy atom. The highest BCUT2D eigenvalue weighted by atomic mass is 32.1. The van der Waals surface area contributed by atoms with Crippen molar-refractivity contribution in [1.82, 2.24) is 10.3 Å². The maximum atomic E-state index is 13.0. The molecule has 1 aliphatic carbocycles. The van der Waals surface area contributed by atoms with Crippen molar-refractivity contribution in [2.75, 3.05) is 6.54 Å². The van der Waals surface area contributed by atoms with Crippen LogP contribution in [-0.2, 0) is 4.79 Å². The number of hydrazone groups is 1. The van der Waals surface area contributed by atoms with E-state index in [4.69, 9.17) is 18.0 Å². The Morgan fingerprint density at radius 3 is 2.52 bits per heavy atom. The highest BCUT2D eigenvalue weighted by Crippen LogP contribution is 2.26. The first kappa shape index (κ1) is 21.4. The monoisotopic (exact) mass is 388 g/mol. The summed E-state index contributed by atoms with van der Waals surface area (Å²) in [6.45, 7) is 4.94. The third kappa shape index (κ3) is 6.94. The van der Waals surface area contributed by atoms with Gasteiger partial charge < -0.3 is 10.6 Å². The minimum Gasteiger partial charge on any atom is -0.375 e. The van der Waals surface area contributed by atoms with Crippen LogP contribution in [0.15, 0.2) is 35.4 Å². The second-order valence-corrected chi connectivity index (χ2v) is 7.90. The molecule has 0 spiro atoms. The van der Waals surface area contributed by atoms with Gasteiger partial charge in [0.05, 0.1) is 5.71 Å². The van der Waals surface area contributed by atoms with E-state index in [1.807, 2.05) is 35.2 Å². The molecule has 1 aliphatic rings. The fourth-order valence-electron chi connectivity index (χ4n) is 3.64. The van der Waals surface area contributed by atoms with Gasteiger partial charge in [0.2, 0.25) is 5.91 Å². The zero-order valence-corrected chi connectivity index (χ0v) is 17.3. The number of carbonyl (C=O) groups excluding carboxylic acids is 1. The van der Waals surface area contributed by atoms with E-state index in [1.165, 1.54) is 19.3 Å². The number of hydrogen-bond donors (Lipinski definition) is 2. The molecule has 2 rings (SSSR count). The van der Waals surface area contributed by atoms with Gasteiger partial charge in [-0.1, -0.05) is 49.6 Å². The predicted octanol–water partition coefficient (Wildman–Crippen LogP) is 3.82. The summed E-state index contributed by atoms with van der Waals surface area (Å²) in [4.78, 5) is 15.0. The van der Waals surface area contributed by atoms with E-state index in [0.29, 0.717) is 5.91 Å². The lowest BCUT2D eigenvalue weighted by Crippen LogP contribution is -2.42. The first-order chi connectivity index (χ1) is 13.0. The van der Waals surface area contributed by atoms with Crippen molar-refractivity contribution in [3.63, 3.8) is 0 Å². The maximum absolute atomic E-state index is 13.0. The topological polar surface area (TPSA) is 70.7 Å². The van der Waals surface area contributed by atoms with E-state index < -0.39 is 0 Å². The van der Waals surface area contributed by atoms with Crippen molar-refractivity contribution in [3.05, 3.63) is 35.9 Å². The number of amides is 1. The SMILES string of the molecule is CC(C)N(CCC/C(=N\NC(N)=S)c1ccccc1)C(=O)C1CCCCC1. The summed E-state index contributed by atoms with van der Waals surface area (Å²) in [6, 6.07) is 10.2. The van der Waals surface area contributed by atoms with Gasteiger partial charge in [-0.2, -0.15) is 5.10 Å². The fraction of sp³-hybridized carbons (Fsp3) is 0.571. The standard InChI is InChI=1S/C21H32N4OS/c1-16(2)25(20(26)18-12-7-4-8-13-18)15-9-14-19(23-24-21(22)27)17-10-5-3-6-11-17/h3,5-6,10-11,16,18H,4,7-9,12-15H2,1-2H3,(H3,22,24,27)/b23-19+. The number of nitrogens with zero attached hydrogens (tertiary/aromatic N) is 2. The lowest BCUT2D eigenvalue weighted by Gasteiger charge is -2.32. The zero-order valence-electron chi connectivity index (χ0n) is 16.5. The molecule has 6 heteroatoms. The summed E-state index contributed by atoms with van der Waals surface area (Å²) in [5, 5.41) is 4.52. The van der Waals surface area contributed by atoms with Crippen LogP contribution < -0.4 is 11.2 Å². The van der Waals surface area contributed by atoms with E-state index in [1.54, 1.807) is 0 Å². The Kier molecular flexibility index (Phi) is 8.72. The molecule has 0 unspecified atom stereocenters. The summed E-state index contributed by atoms with van der Waals surface area (Å²) < 4.78 is 0. The number of nitrogens with one attached hydrogen (secondary N) is 1. The highest BCUT2D eigenvalue weighted by molar-refractivity contribution is 7.80. The smallest absolute Gasteiger partial charge is 0.225 e. The van der Waals surface area contributed by atoms with Crippen LogP contribution in [0.2, 0.25) is 0 Å². The normalized spacial score (nSPS) is 15.6. The molecular formula is C21H32N4OS. The summed E-state index contributed by atoms with van der Waals surface area (Å²) in [7, 11) is 0. The molecule has 148 valence electrons. The molecule has 1 amide bonds. The Labute approximate surface area is 168 Å². The molecule has 1 fully saturated rings. The average molecular weight is 389 g/mol. The summed E-state index contributed by atoms with van der Waals surface area (Å²) in [6.07, 6.45) is 7.30. The molecule has 0 saturated heterocycles. The molecule has 1 saturated carbocycles. The van der Waals surface area contributed by atoms with Gasteiger partial charge in [0, 0.05) is 18.5 Å². The first-order valence-electron chi connectivity index (χ1n) is 9.97. The highest BCUT2D eigenvalue weighted by Gasteiger charge is 2.27. The van der Waals surface area contributed by atoms with Gasteiger partial charge in [0.25, 0.3) is 0 Å². The molecule has 0 aliphatic heterocycles. The number of hydrogen-bond acceptors (Lipinski definition) is 3. The molecule has 0 aromatic heterocycles. The molecular weight excluding hydrogens is 356 g/mol. The Hall–Kier alpha value is -1.95. The second kappa shape index (κ2) is 11.0. The van der Waals surface area contributed by atoms with Gasteiger partial charge in [-0.3, -0.25) is 10.2 Å². The summed E-state index contributed by atoms with van der Waals surface area (Å²) in [5.41, 5.74) is 10.2. The minimum atomic E-state index is 0.153. The van der Waals surface area contributed by atoms with Crippen molar-refractivity contribution >= 4 is 28.9 Å². The quantitative estimate of drug-likeness (QED) is 0.403.